The molecule has 0 aliphatic heterocycles. The number of carbonyl (C=O) groups excluding carboxylic acids is 1. The van der Waals surface area contributed by atoms with Crippen LogP contribution in [0.4, 0.5) is 10.6 Å². The van der Waals surface area contributed by atoms with Gasteiger partial charge in [0.25, 0.3) is 0 Å². The molecule has 5 aromatic heterocycles. The fourth-order valence-corrected chi connectivity index (χ4v) is 4.73. The molecule has 0 spiro atoms. The van der Waals surface area contributed by atoms with Crippen LogP contribution in [-0.2, 0) is 17.9 Å². The Morgan fingerprint density at radius 2 is 2.03 bits per heavy atom. The van der Waals surface area contributed by atoms with Crippen LogP contribution in [0.5, 0.6) is 0 Å². The molecule has 1 aliphatic rings. The molecule has 5 heterocycles. The summed E-state index contributed by atoms with van der Waals surface area (Å²) in [6, 6.07) is 11.8. The summed E-state index contributed by atoms with van der Waals surface area (Å²) in [5.74, 6) is 1.05. The second-order valence-electron chi connectivity index (χ2n) is 9.75. The van der Waals surface area contributed by atoms with E-state index in [0.29, 0.717) is 18.3 Å². The maximum atomic E-state index is 12.6. The number of fused-ring (bicyclic) bond motifs is 2. The number of aryl methyl sites for hydroxylation is 1. The fourth-order valence-electron chi connectivity index (χ4n) is 4.73. The van der Waals surface area contributed by atoms with Crippen molar-refractivity contribution in [2.24, 2.45) is 0 Å². The van der Waals surface area contributed by atoms with Crippen LogP contribution in [0.1, 0.15) is 41.1 Å². The number of tetrazole rings is 1. The maximum Gasteiger partial charge on any atom is 0.413 e. The number of hydrogen-bond donors (Lipinski definition) is 1. The van der Waals surface area contributed by atoms with Crippen molar-refractivity contribution in [3.8, 4) is 5.69 Å². The van der Waals surface area contributed by atoms with Gasteiger partial charge in [-0.1, -0.05) is 23.8 Å². The summed E-state index contributed by atoms with van der Waals surface area (Å²) in [6.07, 6.45) is 11.0. The van der Waals surface area contributed by atoms with Gasteiger partial charge in [-0.15, -0.1) is 5.10 Å². The molecule has 1 N–H and O–H groups in total. The van der Waals surface area contributed by atoms with Gasteiger partial charge in [0.1, 0.15) is 29.9 Å². The minimum absolute atomic E-state index is 0.0409. The quantitative estimate of drug-likeness (QED) is 0.334. The third-order valence-electron chi connectivity index (χ3n) is 6.83. The molecule has 6 aromatic rings. The highest BCUT2D eigenvalue weighted by Crippen LogP contribution is 2.39. The van der Waals surface area contributed by atoms with Crippen LogP contribution in [0.25, 0.3) is 22.4 Å². The molecule has 0 bridgehead atoms. The molecule has 39 heavy (non-hydrogen) atoms. The lowest BCUT2D eigenvalue weighted by Gasteiger charge is -2.11. The molecule has 0 atom stereocenters. The first-order chi connectivity index (χ1) is 19.1. The molecular weight excluding hydrogens is 496 g/mol. The lowest BCUT2D eigenvalue weighted by molar-refractivity contribution is 0.155. The number of amides is 1. The van der Waals surface area contributed by atoms with Crippen LogP contribution in [-0.4, -0.2) is 50.2 Å². The number of aromatic nitrogens is 9. The molecule has 12 heteroatoms. The molecule has 194 valence electrons. The standard InChI is InChI=1S/C27H24N10O2/c1-17-2-6-23(37-16-30-33-34-37)20(8-17)14-39-27(38)32-25-9-24-22(10-28-25)29-15-36(24)13-21-12-35-11-19(18-3-4-18)5-7-26(35)31-21/h2,5-12,15-16,18H,3-4,13-14H2,1H3,(H,28,32,38). The van der Waals surface area contributed by atoms with Gasteiger partial charge in [-0.05, 0) is 53.8 Å². The summed E-state index contributed by atoms with van der Waals surface area (Å²) in [6.45, 7) is 2.55. The largest absolute Gasteiger partial charge is 0.444 e. The monoisotopic (exact) mass is 520 g/mol. The van der Waals surface area contributed by atoms with Gasteiger partial charge in [-0.2, -0.15) is 0 Å². The van der Waals surface area contributed by atoms with Gasteiger partial charge >= 0.3 is 6.09 Å². The Kier molecular flexibility index (Phi) is 5.50. The normalized spacial score (nSPS) is 13.3. The zero-order chi connectivity index (χ0) is 26.3. The number of rotatable bonds is 7. The van der Waals surface area contributed by atoms with Crippen LogP contribution in [0.2, 0.25) is 0 Å². The second-order valence-corrected chi connectivity index (χ2v) is 9.75. The third-order valence-corrected chi connectivity index (χ3v) is 6.83. The highest BCUT2D eigenvalue weighted by Gasteiger charge is 2.23. The average molecular weight is 521 g/mol. The van der Waals surface area contributed by atoms with E-state index in [1.165, 1.54) is 29.4 Å². The van der Waals surface area contributed by atoms with E-state index in [4.69, 9.17) is 9.72 Å². The van der Waals surface area contributed by atoms with E-state index in [1.807, 2.05) is 29.7 Å². The zero-order valence-electron chi connectivity index (χ0n) is 21.1. The lowest BCUT2D eigenvalue weighted by Crippen LogP contribution is -2.15. The van der Waals surface area contributed by atoms with Crippen LogP contribution >= 0.6 is 0 Å². The smallest absolute Gasteiger partial charge is 0.413 e. The molecule has 1 aromatic carbocycles. The van der Waals surface area contributed by atoms with Crippen LogP contribution in [0, 0.1) is 6.92 Å². The maximum absolute atomic E-state index is 12.6. The van der Waals surface area contributed by atoms with E-state index in [2.05, 4.69) is 59.7 Å². The molecule has 0 saturated heterocycles. The van der Waals surface area contributed by atoms with Gasteiger partial charge in [0, 0.05) is 24.0 Å². The Morgan fingerprint density at radius 1 is 1.10 bits per heavy atom. The van der Waals surface area contributed by atoms with Gasteiger partial charge in [-0.3, -0.25) is 5.32 Å². The average Bonchev–Trinajstić information content (AvgIpc) is 3.30. The number of benzene rings is 1. The van der Waals surface area contributed by atoms with Crippen molar-refractivity contribution in [1.82, 2.24) is 44.1 Å². The van der Waals surface area contributed by atoms with Crippen LogP contribution in [0.3, 0.4) is 0 Å². The number of carbonyl (C=O) groups is 1. The van der Waals surface area contributed by atoms with E-state index in [-0.39, 0.29) is 6.61 Å². The van der Waals surface area contributed by atoms with Crippen molar-refractivity contribution in [3.63, 3.8) is 0 Å². The molecule has 12 nitrogen and oxygen atoms in total. The first kappa shape index (κ1) is 23.0. The number of ether oxygens (including phenoxy) is 1. The number of anilines is 1. The molecule has 7 rings (SSSR count). The van der Waals surface area contributed by atoms with Gasteiger partial charge < -0.3 is 13.7 Å². The van der Waals surface area contributed by atoms with Crippen molar-refractivity contribution >= 4 is 28.6 Å². The zero-order valence-corrected chi connectivity index (χ0v) is 21.1. The molecule has 1 aliphatic carbocycles. The number of imidazole rings is 2. The first-order valence-corrected chi connectivity index (χ1v) is 12.6. The van der Waals surface area contributed by atoms with Crippen molar-refractivity contribution in [2.45, 2.75) is 38.8 Å². The van der Waals surface area contributed by atoms with Gasteiger partial charge in [-0.25, -0.2) is 24.4 Å². The van der Waals surface area contributed by atoms with Crippen LogP contribution in [0.15, 0.2) is 67.6 Å². The Morgan fingerprint density at radius 3 is 2.87 bits per heavy atom. The van der Waals surface area contributed by atoms with Gasteiger partial charge in [0.05, 0.1) is 36.0 Å². The van der Waals surface area contributed by atoms with Crippen molar-refractivity contribution in [2.75, 3.05) is 5.32 Å². The van der Waals surface area contributed by atoms with E-state index in [1.54, 1.807) is 18.6 Å². The predicted molar refractivity (Wildman–Crippen MR) is 141 cm³/mol. The molecule has 0 unspecified atom stereocenters. The summed E-state index contributed by atoms with van der Waals surface area (Å²) in [7, 11) is 0. The first-order valence-electron chi connectivity index (χ1n) is 12.6. The summed E-state index contributed by atoms with van der Waals surface area (Å²) in [5, 5.41) is 14.0. The summed E-state index contributed by atoms with van der Waals surface area (Å²) in [5.41, 5.74) is 7.29. The van der Waals surface area contributed by atoms with E-state index < -0.39 is 6.09 Å². The highest BCUT2D eigenvalue weighted by atomic mass is 16.5. The van der Waals surface area contributed by atoms with E-state index >= 15 is 0 Å². The van der Waals surface area contributed by atoms with E-state index in [9.17, 15) is 4.79 Å². The molecule has 0 radical (unpaired) electrons. The number of pyridine rings is 2. The lowest BCUT2D eigenvalue weighted by atomic mass is 10.1. The Hall–Kier alpha value is -5.13. The summed E-state index contributed by atoms with van der Waals surface area (Å²) >= 11 is 0. The SMILES string of the molecule is Cc1ccc(-n2cnnn2)c(COC(=O)Nc2cc3c(cn2)ncn3Cc2cn3cc(C4CC4)ccc3n2)c1. The topological polar surface area (TPSA) is 130 Å². The Balaban J connectivity index is 1.06. The number of nitrogens with zero attached hydrogens (tertiary/aromatic N) is 9. The fraction of sp³-hybridized carbons (Fsp3) is 0.222. The second kappa shape index (κ2) is 9.31. The van der Waals surface area contributed by atoms with Gasteiger partial charge in [0.15, 0.2) is 0 Å². The van der Waals surface area contributed by atoms with Gasteiger partial charge in [0.2, 0.25) is 0 Å². The summed E-state index contributed by atoms with van der Waals surface area (Å²) < 4.78 is 11.1. The van der Waals surface area contributed by atoms with Crippen molar-refractivity contribution < 1.29 is 9.53 Å². The molecular formula is C27H24N10O2. The molecule has 1 fully saturated rings. The van der Waals surface area contributed by atoms with Crippen molar-refractivity contribution in [3.05, 3.63) is 90.0 Å². The third kappa shape index (κ3) is 4.67. The number of nitrogens with one attached hydrogen (secondary N) is 1. The minimum atomic E-state index is -0.621. The van der Waals surface area contributed by atoms with E-state index in [0.717, 1.165) is 39.2 Å². The molecule has 1 amide bonds. The summed E-state index contributed by atoms with van der Waals surface area (Å²) in [4.78, 5) is 26.2. The highest BCUT2D eigenvalue weighted by molar-refractivity contribution is 5.86. The Labute approximate surface area is 222 Å². The number of hydrogen-bond acceptors (Lipinski definition) is 8. The minimum Gasteiger partial charge on any atom is -0.444 e. The Bertz CT molecular complexity index is 1820. The van der Waals surface area contributed by atoms with Crippen molar-refractivity contribution in [1.29, 1.82) is 0 Å². The molecule has 1 saturated carbocycles. The van der Waals surface area contributed by atoms with Crippen LogP contribution < -0.4 is 5.32 Å². The predicted octanol–water partition coefficient (Wildman–Crippen LogP) is 4.04.